The van der Waals surface area contributed by atoms with Gasteiger partial charge in [-0.15, -0.1) is 0 Å². The Morgan fingerprint density at radius 3 is 1.20 bits per heavy atom. The summed E-state index contributed by atoms with van der Waals surface area (Å²) in [6.45, 7) is 34.0. The second-order valence-electron chi connectivity index (χ2n) is 18.2. The summed E-state index contributed by atoms with van der Waals surface area (Å²) in [6, 6.07) is 7.57. The Hall–Kier alpha value is -2.01. The van der Waals surface area contributed by atoms with Crippen molar-refractivity contribution in [3.63, 3.8) is 0 Å². The highest BCUT2D eigenvalue weighted by molar-refractivity contribution is 7.42. The number of phenols is 2. The lowest BCUT2D eigenvalue weighted by molar-refractivity contribution is 0.0501. The minimum atomic E-state index is -1.95. The zero-order valence-electron chi connectivity index (χ0n) is 30.4. The van der Waals surface area contributed by atoms with E-state index in [1.807, 2.05) is 24.3 Å². The van der Waals surface area contributed by atoms with Crippen molar-refractivity contribution in [2.24, 2.45) is 0 Å². The summed E-state index contributed by atoms with van der Waals surface area (Å²) in [4.78, 5) is 0. The fraction of sp³-hybridized carbons (Fsp3) is 0.676. The summed E-state index contributed by atoms with van der Waals surface area (Å²) in [6.07, 6.45) is 1.49. The molecule has 6 nitrogen and oxygen atoms in total. The van der Waals surface area contributed by atoms with E-state index in [4.69, 9.17) is 13.6 Å². The van der Waals surface area contributed by atoms with Gasteiger partial charge in [0.2, 0.25) is 0 Å². The molecule has 248 valence electrons. The van der Waals surface area contributed by atoms with Crippen LogP contribution in [0.15, 0.2) is 24.3 Å². The van der Waals surface area contributed by atoms with Crippen molar-refractivity contribution in [2.45, 2.75) is 162 Å². The first-order chi connectivity index (χ1) is 19.6. The quantitative estimate of drug-likeness (QED) is 0.276. The van der Waals surface area contributed by atoms with Gasteiger partial charge in [0.15, 0.2) is 0 Å². The van der Waals surface area contributed by atoms with Gasteiger partial charge in [-0.05, 0) is 86.5 Å². The zero-order valence-corrected chi connectivity index (χ0v) is 31.3. The SMILES string of the molecule is CC1(C)CC(OP(Oc2cc(C(C)(C)C)c(O)cc2C(C)(C)C)Oc2cc(C(C)(C)C)c(O)cc2C(C)(C)C)CC(C)(C)N1. The van der Waals surface area contributed by atoms with E-state index in [0.717, 1.165) is 35.1 Å². The average Bonchev–Trinajstić information content (AvgIpc) is 2.75. The second-order valence-corrected chi connectivity index (χ2v) is 19.2. The lowest BCUT2D eigenvalue weighted by Crippen LogP contribution is -2.59. The Labute approximate surface area is 269 Å². The summed E-state index contributed by atoms with van der Waals surface area (Å²) >= 11 is 0. The fourth-order valence-corrected chi connectivity index (χ4v) is 7.45. The third kappa shape index (κ3) is 9.04. The Kier molecular flexibility index (Phi) is 9.92. The number of aromatic hydroxyl groups is 2. The first-order valence-corrected chi connectivity index (χ1v) is 17.1. The molecule has 1 aliphatic rings. The van der Waals surface area contributed by atoms with Crippen molar-refractivity contribution in [3.05, 3.63) is 46.5 Å². The van der Waals surface area contributed by atoms with E-state index in [0.29, 0.717) is 11.5 Å². The maximum atomic E-state index is 11.1. The van der Waals surface area contributed by atoms with Crippen LogP contribution in [0.1, 0.15) is 146 Å². The van der Waals surface area contributed by atoms with Crippen LogP contribution in [0, 0.1) is 0 Å². The van der Waals surface area contributed by atoms with Crippen LogP contribution < -0.4 is 14.4 Å². The minimum absolute atomic E-state index is 0.109. The van der Waals surface area contributed by atoms with Gasteiger partial charge in [-0.3, -0.25) is 4.52 Å². The molecule has 1 fully saturated rings. The van der Waals surface area contributed by atoms with Crippen LogP contribution in [0.4, 0.5) is 0 Å². The van der Waals surface area contributed by atoms with E-state index in [9.17, 15) is 10.2 Å². The molecule has 0 bridgehead atoms. The van der Waals surface area contributed by atoms with Gasteiger partial charge in [0, 0.05) is 33.3 Å². The van der Waals surface area contributed by atoms with Gasteiger partial charge in [0.05, 0.1) is 6.10 Å². The monoisotopic (exact) mass is 629 g/mol. The number of nitrogens with one attached hydrogen (secondary N) is 1. The second kappa shape index (κ2) is 12.0. The van der Waals surface area contributed by atoms with Crippen molar-refractivity contribution in [3.8, 4) is 23.0 Å². The van der Waals surface area contributed by atoms with Crippen LogP contribution in [0.3, 0.4) is 0 Å². The summed E-state index contributed by atoms with van der Waals surface area (Å²) < 4.78 is 20.6. The zero-order chi connectivity index (χ0) is 33.8. The normalized spacial score (nSPS) is 18.0. The van der Waals surface area contributed by atoms with Crippen molar-refractivity contribution >= 4 is 8.60 Å². The third-order valence-corrected chi connectivity index (χ3v) is 9.32. The molecule has 0 amide bonds. The minimum Gasteiger partial charge on any atom is -0.508 e. The number of piperidine rings is 1. The molecule has 0 atom stereocenters. The molecule has 3 rings (SSSR count). The van der Waals surface area contributed by atoms with E-state index >= 15 is 0 Å². The molecule has 0 aromatic heterocycles. The predicted octanol–water partition coefficient (Wildman–Crippen LogP) is 10.3. The largest absolute Gasteiger partial charge is 0.508 e. The molecule has 2 aromatic rings. The van der Waals surface area contributed by atoms with Crippen LogP contribution in [-0.4, -0.2) is 27.4 Å². The van der Waals surface area contributed by atoms with Gasteiger partial charge < -0.3 is 24.6 Å². The van der Waals surface area contributed by atoms with Gasteiger partial charge in [-0.2, -0.15) is 0 Å². The Morgan fingerprint density at radius 1 is 0.591 bits per heavy atom. The maximum Gasteiger partial charge on any atom is 0.463 e. The predicted molar refractivity (Wildman–Crippen MR) is 185 cm³/mol. The fourth-order valence-electron chi connectivity index (χ4n) is 6.31. The van der Waals surface area contributed by atoms with Crippen LogP contribution in [0.2, 0.25) is 0 Å². The van der Waals surface area contributed by atoms with Crippen LogP contribution in [0.25, 0.3) is 0 Å². The van der Waals surface area contributed by atoms with E-state index in [-0.39, 0.29) is 50.3 Å². The molecule has 2 aromatic carbocycles. The molecule has 44 heavy (non-hydrogen) atoms. The highest BCUT2D eigenvalue weighted by Gasteiger charge is 2.41. The van der Waals surface area contributed by atoms with E-state index in [1.54, 1.807) is 0 Å². The van der Waals surface area contributed by atoms with Gasteiger partial charge >= 0.3 is 8.60 Å². The van der Waals surface area contributed by atoms with Crippen molar-refractivity contribution < 1.29 is 23.8 Å². The van der Waals surface area contributed by atoms with Gasteiger partial charge in [-0.25, -0.2) is 0 Å². The lowest BCUT2D eigenvalue weighted by Gasteiger charge is -2.46. The van der Waals surface area contributed by atoms with Crippen LogP contribution in [0.5, 0.6) is 23.0 Å². The van der Waals surface area contributed by atoms with Gasteiger partial charge in [0.25, 0.3) is 0 Å². The Bertz CT molecular complexity index is 1240. The topological polar surface area (TPSA) is 80.2 Å². The van der Waals surface area contributed by atoms with Gasteiger partial charge in [0.1, 0.15) is 23.0 Å². The number of rotatable bonds is 6. The summed E-state index contributed by atoms with van der Waals surface area (Å²) in [7, 11) is -1.95. The molecule has 0 aliphatic carbocycles. The average molecular weight is 630 g/mol. The van der Waals surface area contributed by atoms with Gasteiger partial charge in [-0.1, -0.05) is 83.1 Å². The number of benzene rings is 2. The molecule has 3 N–H and O–H groups in total. The summed E-state index contributed by atoms with van der Waals surface area (Å²) in [5.74, 6) is 1.80. The standard InChI is InChI=1S/C37H60NO5P/c1-32(2,3)24-19-30(26(17-28(24)39)34(7,8)9)42-44(41-23-21-36(13,14)38-37(15,16)22-23)43-31-20-25(33(4,5)6)29(40)18-27(31)35(10,11)12/h17-20,23,38-40H,21-22H2,1-16H3. The molecular weight excluding hydrogens is 569 g/mol. The molecule has 0 saturated carbocycles. The first kappa shape index (κ1) is 36.5. The van der Waals surface area contributed by atoms with Crippen molar-refractivity contribution in [1.82, 2.24) is 5.32 Å². The summed E-state index contributed by atoms with van der Waals surface area (Å²) in [5.41, 5.74) is 1.89. The molecule has 1 heterocycles. The molecule has 1 aliphatic heterocycles. The molecule has 0 spiro atoms. The molecular formula is C37H60NO5P. The maximum absolute atomic E-state index is 11.1. The number of hydrogen-bond acceptors (Lipinski definition) is 6. The molecule has 1 saturated heterocycles. The Balaban J connectivity index is 2.21. The highest BCUT2D eigenvalue weighted by atomic mass is 31.2. The smallest absolute Gasteiger partial charge is 0.463 e. The highest BCUT2D eigenvalue weighted by Crippen LogP contribution is 2.52. The third-order valence-electron chi connectivity index (χ3n) is 8.16. The van der Waals surface area contributed by atoms with E-state index in [1.165, 1.54) is 0 Å². The molecule has 7 heteroatoms. The van der Waals surface area contributed by atoms with Crippen molar-refractivity contribution in [2.75, 3.05) is 0 Å². The van der Waals surface area contributed by atoms with Crippen LogP contribution in [-0.2, 0) is 26.2 Å². The Morgan fingerprint density at radius 2 is 0.909 bits per heavy atom. The first-order valence-electron chi connectivity index (χ1n) is 16.0. The van der Waals surface area contributed by atoms with Crippen molar-refractivity contribution in [1.29, 1.82) is 0 Å². The lowest BCUT2D eigenvalue weighted by atomic mass is 9.81. The number of hydrogen-bond donors (Lipinski definition) is 3. The van der Waals surface area contributed by atoms with Crippen LogP contribution >= 0.6 is 8.60 Å². The molecule has 0 unspecified atom stereocenters. The number of phenolic OH excluding ortho intramolecular Hbond substituents is 2. The molecule has 0 radical (unpaired) electrons. The summed E-state index contributed by atoms with van der Waals surface area (Å²) in [5, 5.41) is 25.9. The van der Waals surface area contributed by atoms with E-state index < -0.39 is 8.60 Å². The van der Waals surface area contributed by atoms with E-state index in [2.05, 4.69) is 116 Å².